The van der Waals surface area contributed by atoms with E-state index in [2.05, 4.69) is 17.6 Å². The number of nitrogens with one attached hydrogen (secondary N) is 2. The van der Waals surface area contributed by atoms with E-state index in [0.717, 1.165) is 18.7 Å². The Labute approximate surface area is 128 Å². The summed E-state index contributed by atoms with van der Waals surface area (Å²) in [6.45, 7) is 2.96. The fraction of sp³-hybridized carbons (Fsp3) is 0.188. The van der Waals surface area contributed by atoms with Crippen molar-refractivity contribution in [3.63, 3.8) is 0 Å². The average Bonchev–Trinajstić information content (AvgIpc) is 2.44. The summed E-state index contributed by atoms with van der Waals surface area (Å²) in [4.78, 5) is 12.1. The quantitative estimate of drug-likeness (QED) is 0.850. The van der Waals surface area contributed by atoms with Crippen molar-refractivity contribution in [2.45, 2.75) is 13.3 Å². The third-order valence-corrected chi connectivity index (χ3v) is 3.06. The second-order valence-electron chi connectivity index (χ2n) is 4.62. The smallest absolute Gasteiger partial charge is 0.255 e. The van der Waals surface area contributed by atoms with Crippen LogP contribution in [0.2, 0.25) is 5.02 Å². The Morgan fingerprint density at radius 2 is 1.86 bits per heavy atom. The Kier molecular flexibility index (Phi) is 5.17. The Bertz CT molecular complexity index is 608. The standard InChI is InChI=1S/C16H16ClFN2O/c1-2-7-19-14-5-3-11(4-6-14)16(21)20-15-9-12(17)8-13(18)10-15/h3-6,8-10,19H,2,7H2,1H3,(H,20,21). The number of hydrogen-bond donors (Lipinski definition) is 2. The highest BCUT2D eigenvalue weighted by Crippen LogP contribution is 2.19. The lowest BCUT2D eigenvalue weighted by Crippen LogP contribution is -2.12. The van der Waals surface area contributed by atoms with E-state index < -0.39 is 5.82 Å². The first-order valence-corrected chi connectivity index (χ1v) is 7.07. The molecule has 0 fully saturated rings. The maximum atomic E-state index is 13.2. The first kappa shape index (κ1) is 15.3. The zero-order valence-electron chi connectivity index (χ0n) is 11.6. The van der Waals surface area contributed by atoms with Gasteiger partial charge in [0.25, 0.3) is 5.91 Å². The fourth-order valence-corrected chi connectivity index (χ4v) is 2.06. The van der Waals surface area contributed by atoms with Gasteiger partial charge in [0.2, 0.25) is 0 Å². The molecule has 2 aromatic rings. The maximum Gasteiger partial charge on any atom is 0.255 e. The van der Waals surface area contributed by atoms with Gasteiger partial charge < -0.3 is 10.6 Å². The molecule has 0 unspecified atom stereocenters. The van der Waals surface area contributed by atoms with E-state index in [-0.39, 0.29) is 10.9 Å². The molecule has 0 saturated heterocycles. The predicted molar refractivity (Wildman–Crippen MR) is 84.6 cm³/mol. The number of carbonyl (C=O) groups is 1. The largest absolute Gasteiger partial charge is 0.385 e. The molecule has 0 aliphatic rings. The van der Waals surface area contributed by atoms with Crippen LogP contribution in [-0.2, 0) is 0 Å². The van der Waals surface area contributed by atoms with E-state index in [9.17, 15) is 9.18 Å². The number of hydrogen-bond acceptors (Lipinski definition) is 2. The number of benzene rings is 2. The highest BCUT2D eigenvalue weighted by molar-refractivity contribution is 6.31. The first-order chi connectivity index (χ1) is 10.1. The molecule has 0 atom stereocenters. The van der Waals surface area contributed by atoms with Gasteiger partial charge in [0.1, 0.15) is 5.82 Å². The van der Waals surface area contributed by atoms with Crippen LogP contribution >= 0.6 is 11.6 Å². The second-order valence-corrected chi connectivity index (χ2v) is 5.05. The Balaban J connectivity index is 2.06. The molecule has 21 heavy (non-hydrogen) atoms. The molecule has 2 N–H and O–H groups in total. The van der Waals surface area contributed by atoms with Gasteiger partial charge in [-0.05, 0) is 48.9 Å². The van der Waals surface area contributed by atoms with Crippen LogP contribution in [0.3, 0.4) is 0 Å². The minimum atomic E-state index is -0.489. The lowest BCUT2D eigenvalue weighted by molar-refractivity contribution is 0.102. The van der Waals surface area contributed by atoms with Crippen LogP contribution in [0.15, 0.2) is 42.5 Å². The minimum absolute atomic E-state index is 0.240. The van der Waals surface area contributed by atoms with E-state index in [1.165, 1.54) is 18.2 Å². The van der Waals surface area contributed by atoms with Gasteiger partial charge in [0.15, 0.2) is 0 Å². The molecule has 0 aliphatic carbocycles. The molecule has 3 nitrogen and oxygen atoms in total. The molecule has 0 bridgehead atoms. The molecule has 2 rings (SSSR count). The number of halogens is 2. The van der Waals surface area contributed by atoms with Gasteiger partial charge in [0.05, 0.1) is 0 Å². The van der Waals surface area contributed by atoms with E-state index in [1.807, 2.05) is 12.1 Å². The molecule has 0 radical (unpaired) electrons. The van der Waals surface area contributed by atoms with E-state index in [0.29, 0.717) is 11.3 Å². The average molecular weight is 307 g/mol. The molecule has 2 aromatic carbocycles. The molecule has 5 heteroatoms. The molecular formula is C16H16ClFN2O. The van der Waals surface area contributed by atoms with Crippen LogP contribution in [0.5, 0.6) is 0 Å². The van der Waals surface area contributed by atoms with Crippen molar-refractivity contribution in [2.75, 3.05) is 17.2 Å². The predicted octanol–water partition coefficient (Wildman–Crippen LogP) is 4.55. The summed E-state index contributed by atoms with van der Waals surface area (Å²) in [6.07, 6.45) is 1.03. The molecule has 1 amide bonds. The molecule has 0 spiro atoms. The Hall–Kier alpha value is -2.07. The summed E-state index contributed by atoms with van der Waals surface area (Å²) in [6, 6.07) is 11.0. The lowest BCUT2D eigenvalue weighted by atomic mass is 10.2. The van der Waals surface area contributed by atoms with Gasteiger partial charge in [-0.25, -0.2) is 4.39 Å². The molecule has 0 aliphatic heterocycles. The van der Waals surface area contributed by atoms with Crippen molar-refractivity contribution >= 4 is 28.9 Å². The monoisotopic (exact) mass is 306 g/mol. The molecule has 0 aromatic heterocycles. The zero-order chi connectivity index (χ0) is 15.2. The first-order valence-electron chi connectivity index (χ1n) is 6.70. The van der Waals surface area contributed by atoms with Crippen molar-refractivity contribution in [1.29, 1.82) is 0 Å². The van der Waals surface area contributed by atoms with E-state index >= 15 is 0 Å². The third kappa shape index (κ3) is 4.46. The third-order valence-electron chi connectivity index (χ3n) is 2.85. The summed E-state index contributed by atoms with van der Waals surface area (Å²) in [5, 5.41) is 6.09. The summed E-state index contributed by atoms with van der Waals surface area (Å²) < 4.78 is 13.2. The Morgan fingerprint density at radius 3 is 2.48 bits per heavy atom. The van der Waals surface area contributed by atoms with Crippen LogP contribution in [0.1, 0.15) is 23.7 Å². The van der Waals surface area contributed by atoms with Crippen LogP contribution in [0, 0.1) is 5.82 Å². The van der Waals surface area contributed by atoms with Gasteiger partial charge in [-0.3, -0.25) is 4.79 Å². The van der Waals surface area contributed by atoms with Crippen molar-refractivity contribution < 1.29 is 9.18 Å². The fourth-order valence-electron chi connectivity index (χ4n) is 1.84. The summed E-state index contributed by atoms with van der Waals surface area (Å²) in [7, 11) is 0. The second kappa shape index (κ2) is 7.09. The SMILES string of the molecule is CCCNc1ccc(C(=O)Nc2cc(F)cc(Cl)c2)cc1. The van der Waals surface area contributed by atoms with Gasteiger partial charge in [0, 0.05) is 28.5 Å². The van der Waals surface area contributed by atoms with Gasteiger partial charge >= 0.3 is 0 Å². The van der Waals surface area contributed by atoms with Crippen molar-refractivity contribution in [3.8, 4) is 0 Å². The summed E-state index contributed by atoms with van der Waals surface area (Å²) >= 11 is 5.75. The van der Waals surface area contributed by atoms with E-state index in [1.54, 1.807) is 12.1 Å². The van der Waals surface area contributed by atoms with Crippen LogP contribution in [-0.4, -0.2) is 12.5 Å². The number of rotatable bonds is 5. The highest BCUT2D eigenvalue weighted by Gasteiger charge is 2.07. The Morgan fingerprint density at radius 1 is 1.14 bits per heavy atom. The van der Waals surface area contributed by atoms with Crippen molar-refractivity contribution in [1.82, 2.24) is 0 Å². The lowest BCUT2D eigenvalue weighted by Gasteiger charge is -2.08. The molecule has 110 valence electrons. The number of amides is 1. The minimum Gasteiger partial charge on any atom is -0.385 e. The van der Waals surface area contributed by atoms with Crippen molar-refractivity contribution in [3.05, 3.63) is 58.9 Å². The van der Waals surface area contributed by atoms with Gasteiger partial charge in [-0.2, -0.15) is 0 Å². The molecule has 0 heterocycles. The molecule has 0 saturated carbocycles. The van der Waals surface area contributed by atoms with Crippen LogP contribution in [0.25, 0.3) is 0 Å². The highest BCUT2D eigenvalue weighted by atomic mass is 35.5. The van der Waals surface area contributed by atoms with Crippen LogP contribution < -0.4 is 10.6 Å². The zero-order valence-corrected chi connectivity index (χ0v) is 12.4. The van der Waals surface area contributed by atoms with Crippen molar-refractivity contribution in [2.24, 2.45) is 0 Å². The maximum absolute atomic E-state index is 13.2. The number of anilines is 2. The molecular weight excluding hydrogens is 291 g/mol. The normalized spacial score (nSPS) is 10.2. The van der Waals surface area contributed by atoms with Gasteiger partial charge in [-0.15, -0.1) is 0 Å². The summed E-state index contributed by atoms with van der Waals surface area (Å²) in [5.41, 5.74) is 1.79. The number of carbonyl (C=O) groups excluding carboxylic acids is 1. The van der Waals surface area contributed by atoms with Gasteiger partial charge in [-0.1, -0.05) is 18.5 Å². The van der Waals surface area contributed by atoms with E-state index in [4.69, 9.17) is 11.6 Å². The topological polar surface area (TPSA) is 41.1 Å². The summed E-state index contributed by atoms with van der Waals surface area (Å²) in [5.74, 6) is -0.796. The van der Waals surface area contributed by atoms with Crippen LogP contribution in [0.4, 0.5) is 15.8 Å².